The summed E-state index contributed by atoms with van der Waals surface area (Å²) in [6.45, 7) is 6.25. The van der Waals surface area contributed by atoms with E-state index >= 15 is 0 Å². The molecule has 0 radical (unpaired) electrons. The highest BCUT2D eigenvalue weighted by Crippen LogP contribution is 2.21. The Balaban J connectivity index is 0. The zero-order chi connectivity index (χ0) is 24.1. The van der Waals surface area contributed by atoms with Crippen LogP contribution in [0.15, 0.2) is 78.9 Å². The van der Waals surface area contributed by atoms with Gasteiger partial charge < -0.3 is 20.6 Å². The fourth-order valence-electron chi connectivity index (χ4n) is 2.15. The van der Waals surface area contributed by atoms with Crippen molar-refractivity contribution in [3.05, 3.63) is 89.4 Å². The van der Waals surface area contributed by atoms with Crippen LogP contribution in [-0.2, 0) is 4.79 Å². The molecule has 0 aliphatic carbocycles. The number of hydrogen-bond acceptors (Lipinski definition) is 4. The summed E-state index contributed by atoms with van der Waals surface area (Å²) in [5.41, 5.74) is 4.91. The number of para-hydroxylation sites is 1. The number of nitrogens with one attached hydrogen (secondary N) is 1. The molecule has 3 rings (SSSR count). The number of carbonyl (C=O) groups is 1. The van der Waals surface area contributed by atoms with Crippen molar-refractivity contribution in [2.45, 2.75) is 20.8 Å². The Morgan fingerprint density at radius 2 is 1.19 bits per heavy atom. The van der Waals surface area contributed by atoms with Crippen LogP contribution in [0.4, 0.5) is 5.69 Å². The maximum absolute atomic E-state index is 9.00. The molecular formula is C25H34ClNO4. The Morgan fingerprint density at radius 3 is 1.58 bits per heavy atom. The second-order valence-corrected chi connectivity index (χ2v) is 6.22. The molecule has 0 unspecified atom stereocenters. The number of aryl methyl sites for hydroxylation is 1. The van der Waals surface area contributed by atoms with Gasteiger partial charge in [0.1, 0.15) is 0 Å². The summed E-state index contributed by atoms with van der Waals surface area (Å²) in [5, 5.41) is 25.4. The number of aliphatic hydroxyl groups excluding tert-OH is 2. The Hall–Kier alpha value is -2.86. The molecule has 4 N–H and O–H groups in total. The Bertz CT molecular complexity index is 745. The van der Waals surface area contributed by atoms with E-state index in [1.54, 1.807) is 0 Å². The minimum Gasteiger partial charge on any atom is -0.481 e. The summed E-state index contributed by atoms with van der Waals surface area (Å²) in [4.78, 5) is 9.00. The minimum absolute atomic E-state index is 0.779. The number of aliphatic hydroxyl groups is 2. The molecule has 0 heterocycles. The second kappa shape index (κ2) is 20.4. The fourth-order valence-corrected chi connectivity index (χ4v) is 2.27. The van der Waals surface area contributed by atoms with E-state index in [1.165, 1.54) is 22.4 Å². The molecule has 6 heteroatoms. The van der Waals surface area contributed by atoms with Crippen molar-refractivity contribution in [2.24, 2.45) is 0 Å². The molecule has 0 spiro atoms. The quantitative estimate of drug-likeness (QED) is 0.411. The summed E-state index contributed by atoms with van der Waals surface area (Å²) >= 11 is 5.82. The van der Waals surface area contributed by atoms with Crippen molar-refractivity contribution in [3.8, 4) is 11.1 Å². The summed E-state index contributed by atoms with van der Waals surface area (Å²) in [6, 6.07) is 26.6. The molecule has 0 aromatic heterocycles. The van der Waals surface area contributed by atoms with E-state index in [0.717, 1.165) is 32.7 Å². The molecule has 3 aromatic rings. The van der Waals surface area contributed by atoms with E-state index in [1.807, 2.05) is 42.5 Å². The molecule has 0 bridgehead atoms. The minimum atomic E-state index is -0.833. The lowest BCUT2D eigenvalue weighted by molar-refractivity contribution is -0.134. The third-order valence-corrected chi connectivity index (χ3v) is 3.64. The first-order chi connectivity index (χ1) is 14.9. The predicted octanol–water partition coefficient (Wildman–Crippen LogP) is 5.74. The monoisotopic (exact) mass is 447 g/mol. The summed E-state index contributed by atoms with van der Waals surface area (Å²) in [6.07, 6.45) is 0. The van der Waals surface area contributed by atoms with Crippen molar-refractivity contribution in [2.75, 3.05) is 26.1 Å². The van der Waals surface area contributed by atoms with Gasteiger partial charge in [0.25, 0.3) is 5.97 Å². The summed E-state index contributed by atoms with van der Waals surface area (Å²) in [5.74, 6) is -0.833. The highest BCUT2D eigenvalue weighted by atomic mass is 35.5. The molecule has 170 valence electrons. The SMILES string of the molecule is CC(=O)O.CCNc1ccccc1.CO.CO.Cc1ccc(-c2ccc(Cl)cc2)cc1. The van der Waals surface area contributed by atoms with Crippen LogP contribution in [0.25, 0.3) is 11.1 Å². The second-order valence-electron chi connectivity index (χ2n) is 5.79. The van der Waals surface area contributed by atoms with Gasteiger partial charge in [0.2, 0.25) is 0 Å². The lowest BCUT2D eigenvalue weighted by Gasteiger charge is -2.01. The number of halogens is 1. The van der Waals surface area contributed by atoms with Gasteiger partial charge in [-0.1, -0.05) is 71.8 Å². The van der Waals surface area contributed by atoms with Crippen LogP contribution in [0.5, 0.6) is 0 Å². The van der Waals surface area contributed by atoms with Crippen LogP contribution >= 0.6 is 11.6 Å². The zero-order valence-electron chi connectivity index (χ0n) is 18.8. The van der Waals surface area contributed by atoms with E-state index in [4.69, 9.17) is 31.7 Å². The largest absolute Gasteiger partial charge is 0.481 e. The molecule has 0 atom stereocenters. The molecular weight excluding hydrogens is 414 g/mol. The Morgan fingerprint density at radius 1 is 0.806 bits per heavy atom. The lowest BCUT2D eigenvalue weighted by Crippen LogP contribution is -1.94. The van der Waals surface area contributed by atoms with Crippen molar-refractivity contribution in [1.29, 1.82) is 0 Å². The van der Waals surface area contributed by atoms with Crippen LogP contribution < -0.4 is 5.32 Å². The molecule has 0 saturated heterocycles. The standard InChI is InChI=1S/C13H11Cl.C8H11N.C2H4O2.2CH4O/c1-10-2-4-11(5-3-10)12-6-8-13(14)9-7-12;1-2-9-8-6-4-3-5-7-8;1-2(3)4;2*1-2/h2-9H,1H3;3-7,9H,2H2,1H3;1H3,(H,3,4);2*2H,1H3. The van der Waals surface area contributed by atoms with Gasteiger partial charge in [-0.2, -0.15) is 0 Å². The molecule has 3 aromatic carbocycles. The highest BCUT2D eigenvalue weighted by molar-refractivity contribution is 6.30. The van der Waals surface area contributed by atoms with Crippen LogP contribution in [0.3, 0.4) is 0 Å². The normalized spacial score (nSPS) is 8.39. The van der Waals surface area contributed by atoms with Crippen LogP contribution in [0, 0.1) is 6.92 Å². The molecule has 5 nitrogen and oxygen atoms in total. The topological polar surface area (TPSA) is 89.8 Å². The van der Waals surface area contributed by atoms with Crippen molar-refractivity contribution >= 4 is 23.3 Å². The number of rotatable bonds is 3. The van der Waals surface area contributed by atoms with Crippen LogP contribution in [0.1, 0.15) is 19.4 Å². The lowest BCUT2D eigenvalue weighted by atomic mass is 10.0. The maximum Gasteiger partial charge on any atom is 0.300 e. The van der Waals surface area contributed by atoms with E-state index < -0.39 is 5.97 Å². The van der Waals surface area contributed by atoms with Gasteiger partial charge in [-0.15, -0.1) is 0 Å². The number of anilines is 1. The van der Waals surface area contributed by atoms with Gasteiger partial charge >= 0.3 is 0 Å². The molecule has 0 aliphatic heterocycles. The molecule has 0 fully saturated rings. The summed E-state index contributed by atoms with van der Waals surface area (Å²) in [7, 11) is 2.00. The van der Waals surface area contributed by atoms with Gasteiger partial charge in [0.05, 0.1) is 0 Å². The molecule has 0 amide bonds. The van der Waals surface area contributed by atoms with E-state index in [9.17, 15) is 0 Å². The van der Waals surface area contributed by atoms with Gasteiger partial charge in [0, 0.05) is 38.4 Å². The van der Waals surface area contributed by atoms with Gasteiger partial charge in [0.15, 0.2) is 0 Å². The van der Waals surface area contributed by atoms with E-state index in [2.05, 4.69) is 55.6 Å². The smallest absolute Gasteiger partial charge is 0.300 e. The van der Waals surface area contributed by atoms with Gasteiger partial charge in [-0.05, 0) is 49.2 Å². The molecule has 31 heavy (non-hydrogen) atoms. The average molecular weight is 448 g/mol. The zero-order valence-corrected chi connectivity index (χ0v) is 19.6. The first-order valence-electron chi connectivity index (χ1n) is 9.63. The van der Waals surface area contributed by atoms with Gasteiger partial charge in [-0.25, -0.2) is 0 Å². The predicted molar refractivity (Wildman–Crippen MR) is 132 cm³/mol. The van der Waals surface area contributed by atoms with Crippen LogP contribution in [0.2, 0.25) is 5.02 Å². The highest BCUT2D eigenvalue weighted by Gasteiger charge is 1.96. The third-order valence-electron chi connectivity index (χ3n) is 3.38. The first kappa shape index (κ1) is 30.3. The van der Waals surface area contributed by atoms with Crippen molar-refractivity contribution < 1.29 is 20.1 Å². The summed E-state index contributed by atoms with van der Waals surface area (Å²) < 4.78 is 0. The first-order valence-corrected chi connectivity index (χ1v) is 10.0. The van der Waals surface area contributed by atoms with E-state index in [0.29, 0.717) is 0 Å². The number of carboxylic acids is 1. The molecule has 0 saturated carbocycles. The molecule has 0 aliphatic rings. The average Bonchev–Trinajstić information content (AvgIpc) is 2.79. The van der Waals surface area contributed by atoms with Crippen molar-refractivity contribution in [1.82, 2.24) is 0 Å². The third kappa shape index (κ3) is 16.6. The Labute approximate surface area is 191 Å². The van der Waals surface area contributed by atoms with Crippen LogP contribution in [-0.4, -0.2) is 42.1 Å². The number of hydrogen-bond donors (Lipinski definition) is 4. The van der Waals surface area contributed by atoms with Crippen molar-refractivity contribution in [3.63, 3.8) is 0 Å². The fraction of sp³-hybridized carbons (Fsp3) is 0.240. The number of aliphatic carboxylic acids is 1. The maximum atomic E-state index is 9.00. The number of carboxylic acid groups (broad SMARTS) is 1. The van der Waals surface area contributed by atoms with Gasteiger partial charge in [-0.3, -0.25) is 4.79 Å². The van der Waals surface area contributed by atoms with E-state index in [-0.39, 0.29) is 0 Å². The number of benzene rings is 3. The Kier molecular flexibility index (Phi) is 20.0.